The van der Waals surface area contributed by atoms with E-state index in [4.69, 9.17) is 4.74 Å². The number of nitrogens with zero attached hydrogens (tertiary/aromatic N) is 3. The average Bonchev–Trinajstić information content (AvgIpc) is 2.79. The van der Waals surface area contributed by atoms with E-state index in [-0.39, 0.29) is 5.91 Å². The highest BCUT2D eigenvalue weighted by Gasteiger charge is 2.29. The van der Waals surface area contributed by atoms with Gasteiger partial charge in [-0.3, -0.25) is 4.79 Å². The monoisotopic (exact) mass is 247 g/mol. The number of methoxy groups -OCH3 is 1. The zero-order valence-corrected chi connectivity index (χ0v) is 10.9. The molecule has 5 nitrogen and oxygen atoms in total. The van der Waals surface area contributed by atoms with E-state index < -0.39 is 0 Å². The minimum Gasteiger partial charge on any atom is -0.479 e. The summed E-state index contributed by atoms with van der Waals surface area (Å²) in [6.45, 7) is 4.17. The lowest BCUT2D eigenvalue weighted by molar-refractivity contribution is -0.116. The van der Waals surface area contributed by atoms with Gasteiger partial charge >= 0.3 is 0 Å². The van der Waals surface area contributed by atoms with Crippen molar-refractivity contribution in [2.24, 2.45) is 11.0 Å². The Labute approximate surface area is 106 Å². The lowest BCUT2D eigenvalue weighted by Crippen LogP contribution is -2.20. The number of aromatic nitrogens is 1. The van der Waals surface area contributed by atoms with E-state index in [9.17, 15) is 4.79 Å². The molecule has 0 radical (unpaired) electrons. The number of ether oxygens (including phenoxy) is 1. The van der Waals surface area contributed by atoms with Crippen LogP contribution < -0.4 is 9.75 Å². The van der Waals surface area contributed by atoms with E-state index in [1.54, 1.807) is 18.3 Å². The average molecular weight is 247 g/mol. The molecule has 0 aliphatic carbocycles. The molecule has 5 heteroatoms. The fourth-order valence-corrected chi connectivity index (χ4v) is 1.85. The summed E-state index contributed by atoms with van der Waals surface area (Å²) >= 11 is 0. The molecule has 0 saturated heterocycles. The second-order valence-electron chi connectivity index (χ2n) is 4.31. The largest absolute Gasteiger partial charge is 0.479 e. The highest BCUT2D eigenvalue weighted by molar-refractivity contribution is 6.13. The number of carbonyl (C=O) groups excluding carboxylic acids is 1. The Balaban J connectivity index is 2.33. The zero-order chi connectivity index (χ0) is 13.1. The summed E-state index contributed by atoms with van der Waals surface area (Å²) in [4.78, 5) is 16.1. The van der Waals surface area contributed by atoms with Crippen molar-refractivity contribution >= 4 is 17.3 Å². The number of anilines is 1. The molecule has 1 unspecified atom stereocenters. The summed E-state index contributed by atoms with van der Waals surface area (Å²) in [5, 5.41) is 5.80. The van der Waals surface area contributed by atoms with Gasteiger partial charge in [-0.1, -0.05) is 13.8 Å². The fourth-order valence-electron chi connectivity index (χ4n) is 1.85. The standard InChI is InChI=1S/C13H17N3O2/c1-4-9(2)10-8-12(17)16(15-10)11-6-5-7-14-13(11)18-3/h5-7,9H,4,8H2,1-3H3. The molecule has 1 aliphatic rings. The number of rotatable bonds is 4. The van der Waals surface area contributed by atoms with Crippen molar-refractivity contribution in [3.05, 3.63) is 18.3 Å². The van der Waals surface area contributed by atoms with E-state index in [0.717, 1.165) is 12.1 Å². The molecule has 0 N–H and O–H groups in total. The van der Waals surface area contributed by atoms with Crippen LogP contribution in [0.3, 0.4) is 0 Å². The van der Waals surface area contributed by atoms with Gasteiger partial charge in [0.2, 0.25) is 5.88 Å². The Morgan fingerprint density at radius 2 is 2.33 bits per heavy atom. The second-order valence-corrected chi connectivity index (χ2v) is 4.31. The molecule has 96 valence electrons. The van der Waals surface area contributed by atoms with Crippen molar-refractivity contribution < 1.29 is 9.53 Å². The molecule has 1 atom stereocenters. The van der Waals surface area contributed by atoms with E-state index >= 15 is 0 Å². The third-order valence-electron chi connectivity index (χ3n) is 3.15. The Morgan fingerprint density at radius 3 is 3.00 bits per heavy atom. The Kier molecular flexibility index (Phi) is 3.60. The van der Waals surface area contributed by atoms with Crippen LogP contribution >= 0.6 is 0 Å². The highest BCUT2D eigenvalue weighted by Crippen LogP contribution is 2.29. The lowest BCUT2D eigenvalue weighted by atomic mass is 10.0. The molecule has 2 heterocycles. The lowest BCUT2D eigenvalue weighted by Gasteiger charge is -2.14. The number of carbonyl (C=O) groups is 1. The second kappa shape index (κ2) is 5.16. The quantitative estimate of drug-likeness (QED) is 0.819. The number of hydrogen-bond acceptors (Lipinski definition) is 4. The summed E-state index contributed by atoms with van der Waals surface area (Å²) in [5.74, 6) is 0.707. The minimum atomic E-state index is -0.0309. The Bertz CT molecular complexity index is 485. The van der Waals surface area contributed by atoms with Gasteiger partial charge in [0.15, 0.2) is 0 Å². The summed E-state index contributed by atoms with van der Waals surface area (Å²) < 4.78 is 5.15. The Morgan fingerprint density at radius 1 is 1.56 bits per heavy atom. The normalized spacial score (nSPS) is 16.7. The van der Waals surface area contributed by atoms with Gasteiger partial charge in [0.1, 0.15) is 5.69 Å². The summed E-state index contributed by atoms with van der Waals surface area (Å²) in [7, 11) is 1.53. The van der Waals surface area contributed by atoms with Crippen LogP contribution in [-0.4, -0.2) is 23.7 Å². The predicted molar refractivity (Wildman–Crippen MR) is 69.8 cm³/mol. The molecular formula is C13H17N3O2. The van der Waals surface area contributed by atoms with Crippen molar-refractivity contribution in [2.45, 2.75) is 26.7 Å². The first kappa shape index (κ1) is 12.5. The van der Waals surface area contributed by atoms with Gasteiger partial charge in [0.05, 0.1) is 19.2 Å². The van der Waals surface area contributed by atoms with Crippen LogP contribution in [-0.2, 0) is 4.79 Å². The van der Waals surface area contributed by atoms with Crippen LogP contribution in [0.2, 0.25) is 0 Å². The first-order valence-corrected chi connectivity index (χ1v) is 6.06. The topological polar surface area (TPSA) is 54.8 Å². The van der Waals surface area contributed by atoms with Gasteiger partial charge in [-0.2, -0.15) is 10.1 Å². The van der Waals surface area contributed by atoms with Crippen LogP contribution in [0.25, 0.3) is 0 Å². The van der Waals surface area contributed by atoms with E-state index in [1.165, 1.54) is 12.1 Å². The predicted octanol–water partition coefficient (Wildman–Crippen LogP) is 2.23. The van der Waals surface area contributed by atoms with Crippen molar-refractivity contribution in [3.8, 4) is 5.88 Å². The zero-order valence-electron chi connectivity index (χ0n) is 10.9. The van der Waals surface area contributed by atoms with Crippen LogP contribution in [0, 0.1) is 5.92 Å². The molecule has 0 aromatic carbocycles. The molecular weight excluding hydrogens is 230 g/mol. The van der Waals surface area contributed by atoms with Crippen molar-refractivity contribution in [3.63, 3.8) is 0 Å². The maximum atomic E-state index is 12.0. The maximum Gasteiger partial charge on any atom is 0.253 e. The summed E-state index contributed by atoms with van der Waals surface area (Å²) in [6, 6.07) is 3.55. The van der Waals surface area contributed by atoms with Gasteiger partial charge in [0, 0.05) is 6.20 Å². The minimum absolute atomic E-state index is 0.0309. The molecule has 1 aromatic heterocycles. The third kappa shape index (κ3) is 2.20. The summed E-state index contributed by atoms with van der Waals surface area (Å²) in [5.41, 5.74) is 1.52. The van der Waals surface area contributed by atoms with Crippen LogP contribution in [0.5, 0.6) is 5.88 Å². The molecule has 1 aromatic rings. The molecule has 1 aliphatic heterocycles. The third-order valence-corrected chi connectivity index (χ3v) is 3.15. The van der Waals surface area contributed by atoms with E-state index in [1.807, 2.05) is 0 Å². The first-order chi connectivity index (χ1) is 8.67. The van der Waals surface area contributed by atoms with Gasteiger partial charge in [-0.15, -0.1) is 0 Å². The molecule has 0 spiro atoms. The van der Waals surface area contributed by atoms with Gasteiger partial charge < -0.3 is 4.74 Å². The smallest absolute Gasteiger partial charge is 0.253 e. The fraction of sp³-hybridized carbons (Fsp3) is 0.462. The van der Waals surface area contributed by atoms with E-state index in [2.05, 4.69) is 23.9 Å². The number of amides is 1. The van der Waals surface area contributed by atoms with Crippen LogP contribution in [0.4, 0.5) is 5.69 Å². The molecule has 2 rings (SSSR count). The SMILES string of the molecule is CCC(C)C1=NN(c2cccnc2OC)C(=O)C1. The number of hydrogen-bond donors (Lipinski definition) is 0. The first-order valence-electron chi connectivity index (χ1n) is 6.06. The van der Waals surface area contributed by atoms with E-state index in [0.29, 0.717) is 23.9 Å². The molecule has 0 saturated carbocycles. The molecule has 18 heavy (non-hydrogen) atoms. The molecule has 0 fully saturated rings. The van der Waals surface area contributed by atoms with Crippen molar-refractivity contribution in [1.82, 2.24) is 4.98 Å². The Hall–Kier alpha value is -1.91. The molecule has 0 bridgehead atoms. The highest BCUT2D eigenvalue weighted by atomic mass is 16.5. The maximum absolute atomic E-state index is 12.0. The van der Waals surface area contributed by atoms with Crippen molar-refractivity contribution in [2.75, 3.05) is 12.1 Å². The van der Waals surface area contributed by atoms with Crippen LogP contribution in [0.1, 0.15) is 26.7 Å². The summed E-state index contributed by atoms with van der Waals surface area (Å²) in [6.07, 6.45) is 2.99. The van der Waals surface area contributed by atoms with Gasteiger partial charge in [-0.25, -0.2) is 4.98 Å². The number of pyridine rings is 1. The van der Waals surface area contributed by atoms with Gasteiger partial charge in [0.25, 0.3) is 5.91 Å². The number of hydrazone groups is 1. The molecule has 1 amide bonds. The van der Waals surface area contributed by atoms with Gasteiger partial charge in [-0.05, 0) is 24.5 Å². The van der Waals surface area contributed by atoms with Crippen LogP contribution in [0.15, 0.2) is 23.4 Å². The van der Waals surface area contributed by atoms with Crippen molar-refractivity contribution in [1.29, 1.82) is 0 Å².